The maximum atomic E-state index is 15.2. The molecule has 8 aromatic rings. The molecule has 0 N–H and O–H groups in total. The maximum absolute atomic E-state index is 15.2. The van der Waals surface area contributed by atoms with E-state index >= 15 is 9.36 Å². The summed E-state index contributed by atoms with van der Waals surface area (Å²) in [6.07, 6.45) is 0. The van der Waals surface area contributed by atoms with E-state index in [4.69, 9.17) is 36.9 Å². The van der Waals surface area contributed by atoms with Crippen molar-refractivity contribution >= 4 is 49.0 Å². The van der Waals surface area contributed by atoms with Crippen LogP contribution in [-0.4, -0.2) is 49.1 Å². The molecule has 322 valence electrons. The average molecular weight is 894 g/mol. The number of anilines is 1. The van der Waals surface area contributed by atoms with Gasteiger partial charge in [0.1, 0.15) is 40.2 Å². The first-order valence-corrected chi connectivity index (χ1v) is 23.3. The van der Waals surface area contributed by atoms with Crippen molar-refractivity contribution in [3.63, 3.8) is 0 Å². The third-order valence-corrected chi connectivity index (χ3v) is 12.8. The molecule has 15 heteroatoms. The molecule has 1 aliphatic heterocycles. The van der Waals surface area contributed by atoms with Crippen LogP contribution in [-0.2, 0) is 9.13 Å². The molecule has 1 fully saturated rings. The lowest BCUT2D eigenvalue weighted by molar-refractivity contribution is 0.0750. The highest BCUT2D eigenvalue weighted by atomic mass is 31.2. The molecule has 1 saturated heterocycles. The summed E-state index contributed by atoms with van der Waals surface area (Å²) < 4.78 is 72.2. The van der Waals surface area contributed by atoms with Gasteiger partial charge in [0.25, 0.3) is 5.91 Å². The summed E-state index contributed by atoms with van der Waals surface area (Å²) >= 11 is 0. The molecule has 9 rings (SSSR count). The van der Waals surface area contributed by atoms with Crippen LogP contribution >= 0.6 is 15.6 Å². The summed E-state index contributed by atoms with van der Waals surface area (Å²) in [4.78, 5) is 24.1. The maximum Gasteiger partial charge on any atom is 0.647 e. The largest absolute Gasteiger partial charge is 0.647 e. The van der Waals surface area contributed by atoms with Crippen LogP contribution < -0.4 is 36.8 Å². The molecule has 1 aliphatic rings. The van der Waals surface area contributed by atoms with Gasteiger partial charge in [-0.05, 0) is 66.7 Å². The minimum absolute atomic E-state index is 0.114. The Balaban J connectivity index is 1.18. The van der Waals surface area contributed by atoms with Crippen molar-refractivity contribution in [3.8, 4) is 40.2 Å². The van der Waals surface area contributed by atoms with Crippen molar-refractivity contribution in [2.75, 3.05) is 38.2 Å². The number of aromatic nitrogens is 1. The first-order chi connectivity index (χ1) is 31.2. The number of rotatable bonds is 15. The summed E-state index contributed by atoms with van der Waals surface area (Å²) in [7, 11) is -7.67. The molecule has 64 heavy (non-hydrogen) atoms. The zero-order valence-corrected chi connectivity index (χ0v) is 36.3. The lowest BCUT2D eigenvalue weighted by Gasteiger charge is -2.36. The van der Waals surface area contributed by atoms with E-state index in [1.807, 2.05) is 36.4 Å². The van der Waals surface area contributed by atoms with E-state index in [1.165, 1.54) is 12.1 Å². The first-order valence-electron chi connectivity index (χ1n) is 20.4. The fourth-order valence-electron chi connectivity index (χ4n) is 7.25. The monoisotopic (exact) mass is 893 g/mol. The number of hydrogen-bond donors (Lipinski definition) is 0. The van der Waals surface area contributed by atoms with Crippen molar-refractivity contribution < 1.29 is 45.8 Å². The summed E-state index contributed by atoms with van der Waals surface area (Å²) in [5, 5.41) is 0.699. The van der Waals surface area contributed by atoms with Gasteiger partial charge in [-0.25, -0.2) is 4.98 Å². The number of carbonyl (C=O) groups excluding carboxylic acids is 1. The van der Waals surface area contributed by atoms with E-state index in [-0.39, 0.29) is 56.9 Å². The molecular weight excluding hydrogens is 852 g/mol. The zero-order valence-electron chi connectivity index (χ0n) is 34.5. The van der Waals surface area contributed by atoms with E-state index in [1.54, 1.807) is 145 Å². The standard InChI is InChI=1S/C49H41N3O10P2/c1-56-41-26-16-17-36(33-41)51-29-31-52(32-30-51)49(53)47-43-27-14-15-28-44(43)50-45-34-42(61-63(54,57-37-18-6-2-7-19-37)58-38-20-8-3-9-21-38)35-46(48(45)47)62-64(55,59-39-22-10-4-11-23-39)60-40-24-12-5-13-25-40/h2-28,33-35H,29-32H2,1H3. The Morgan fingerprint density at radius 2 is 0.953 bits per heavy atom. The Hall–Kier alpha value is -7.46. The number of amides is 1. The number of ether oxygens (including phenoxy) is 1. The van der Waals surface area contributed by atoms with E-state index in [0.717, 1.165) is 11.4 Å². The predicted molar refractivity (Wildman–Crippen MR) is 245 cm³/mol. The molecule has 1 amide bonds. The van der Waals surface area contributed by atoms with E-state index in [0.29, 0.717) is 37.1 Å². The van der Waals surface area contributed by atoms with Gasteiger partial charge >= 0.3 is 15.6 Å². The Bertz CT molecular complexity index is 2900. The number of methoxy groups -OCH3 is 1. The van der Waals surface area contributed by atoms with E-state index in [2.05, 4.69) is 4.90 Å². The van der Waals surface area contributed by atoms with Gasteiger partial charge in [-0.1, -0.05) is 97.1 Å². The van der Waals surface area contributed by atoms with Crippen LogP contribution in [0.5, 0.6) is 40.2 Å². The SMILES string of the molecule is COc1cccc(N2CCN(C(=O)c3c4ccccc4nc4cc(OP(=O)(Oc5ccccc5)Oc5ccccc5)cc(OP(=O)(Oc5ccccc5)Oc5ccccc5)c34)CC2)c1. The highest BCUT2D eigenvalue weighted by Gasteiger charge is 2.38. The van der Waals surface area contributed by atoms with Gasteiger partial charge in [0, 0.05) is 55.5 Å². The van der Waals surface area contributed by atoms with Gasteiger partial charge in [0.15, 0.2) is 0 Å². The van der Waals surface area contributed by atoms with Crippen LogP contribution in [0.4, 0.5) is 5.69 Å². The van der Waals surface area contributed by atoms with Gasteiger partial charge in [0.05, 0.1) is 29.1 Å². The van der Waals surface area contributed by atoms with Crippen molar-refractivity contribution in [1.82, 2.24) is 9.88 Å². The second kappa shape index (κ2) is 18.5. The van der Waals surface area contributed by atoms with Crippen molar-refractivity contribution in [2.45, 2.75) is 0 Å². The number of benzene rings is 7. The van der Waals surface area contributed by atoms with Gasteiger partial charge in [-0.2, -0.15) is 9.13 Å². The smallest absolute Gasteiger partial charge is 0.497 e. The van der Waals surface area contributed by atoms with Crippen LogP contribution in [0.2, 0.25) is 0 Å². The third-order valence-electron chi connectivity index (χ3n) is 10.2. The molecule has 0 bridgehead atoms. The number of para-hydroxylation sites is 5. The molecule has 0 saturated carbocycles. The van der Waals surface area contributed by atoms with Crippen LogP contribution in [0, 0.1) is 0 Å². The fourth-order valence-corrected chi connectivity index (χ4v) is 9.74. The molecule has 0 spiro atoms. The molecule has 1 aromatic heterocycles. The van der Waals surface area contributed by atoms with Crippen LogP contribution in [0.15, 0.2) is 182 Å². The highest BCUT2D eigenvalue weighted by molar-refractivity contribution is 7.50. The molecule has 0 unspecified atom stereocenters. The van der Waals surface area contributed by atoms with Gasteiger partial charge in [-0.3, -0.25) is 4.79 Å². The van der Waals surface area contributed by atoms with Gasteiger partial charge < -0.3 is 41.7 Å². The van der Waals surface area contributed by atoms with Crippen LogP contribution in [0.1, 0.15) is 10.4 Å². The summed E-state index contributed by atoms with van der Waals surface area (Å²) in [6.45, 7) is 1.86. The van der Waals surface area contributed by atoms with Crippen molar-refractivity contribution in [3.05, 3.63) is 188 Å². The fraction of sp³-hybridized carbons (Fsp3) is 0.102. The van der Waals surface area contributed by atoms with Crippen molar-refractivity contribution in [2.24, 2.45) is 0 Å². The van der Waals surface area contributed by atoms with Gasteiger partial charge in [-0.15, -0.1) is 0 Å². The number of phosphoric acid groups is 2. The Labute approximate surface area is 369 Å². The number of hydrogen-bond acceptors (Lipinski definition) is 12. The lowest BCUT2D eigenvalue weighted by Crippen LogP contribution is -2.48. The predicted octanol–water partition coefficient (Wildman–Crippen LogP) is 11.6. The van der Waals surface area contributed by atoms with E-state index < -0.39 is 15.6 Å². The zero-order chi connectivity index (χ0) is 43.9. The van der Waals surface area contributed by atoms with Crippen LogP contribution in [0.3, 0.4) is 0 Å². The number of piperazine rings is 1. The second-order valence-electron chi connectivity index (χ2n) is 14.5. The normalized spacial score (nSPS) is 13.0. The number of carbonyl (C=O) groups is 1. The number of pyridine rings is 1. The summed E-state index contributed by atoms with van der Waals surface area (Å²) in [5.74, 6) is 0.913. The Morgan fingerprint density at radius 3 is 1.48 bits per heavy atom. The first kappa shape index (κ1) is 41.9. The summed E-state index contributed by atoms with van der Waals surface area (Å²) in [6, 6.07) is 51.6. The number of phosphoric ester groups is 2. The average Bonchev–Trinajstić information content (AvgIpc) is 3.31. The number of fused-ring (bicyclic) bond motifs is 2. The van der Waals surface area contributed by atoms with Gasteiger partial charge in [0.2, 0.25) is 0 Å². The van der Waals surface area contributed by atoms with E-state index in [9.17, 15) is 4.57 Å². The quantitative estimate of drug-likeness (QED) is 0.0716. The minimum atomic E-state index is -4.72. The molecular formula is C49H41N3O10P2. The lowest BCUT2D eigenvalue weighted by atomic mass is 10.00. The Kier molecular flexibility index (Phi) is 12.1. The van der Waals surface area contributed by atoms with Crippen LogP contribution in [0.25, 0.3) is 21.8 Å². The molecule has 7 aromatic carbocycles. The molecule has 0 atom stereocenters. The topological polar surface area (TPSA) is 135 Å². The molecule has 2 heterocycles. The second-order valence-corrected chi connectivity index (χ2v) is 17.4. The minimum Gasteiger partial charge on any atom is -0.497 e. The Morgan fingerprint density at radius 1 is 0.484 bits per heavy atom. The van der Waals surface area contributed by atoms with Crippen molar-refractivity contribution in [1.29, 1.82) is 0 Å². The molecule has 13 nitrogen and oxygen atoms in total. The number of nitrogens with zero attached hydrogens (tertiary/aromatic N) is 3. The summed E-state index contributed by atoms with van der Waals surface area (Å²) in [5.41, 5.74) is 1.87. The molecule has 0 radical (unpaired) electrons. The highest BCUT2D eigenvalue weighted by Crippen LogP contribution is 2.55. The molecule has 0 aliphatic carbocycles. The third kappa shape index (κ3) is 9.61.